The maximum atomic E-state index is 14.4. The van der Waals surface area contributed by atoms with Crippen LogP contribution in [0, 0.1) is 6.92 Å². The largest absolute Gasteiger partial charge is 0.435 e. The van der Waals surface area contributed by atoms with Crippen LogP contribution in [0.1, 0.15) is 30.9 Å². The highest BCUT2D eigenvalue weighted by atomic mass is 32.1. The second-order valence-electron chi connectivity index (χ2n) is 7.14. The SMILES string of the molecule is Cc1ccc(C(C)C)c(O[P@@](=O)(c2ccccc2)c2nc3ccccc3s2)c1. The van der Waals surface area contributed by atoms with Crippen LogP contribution in [0.2, 0.25) is 0 Å². The minimum atomic E-state index is -3.40. The van der Waals surface area contributed by atoms with Crippen molar-refractivity contribution in [3.8, 4) is 5.75 Å². The monoisotopic (exact) mass is 407 g/mol. The average molecular weight is 407 g/mol. The molecule has 0 amide bonds. The van der Waals surface area contributed by atoms with Crippen LogP contribution < -0.4 is 14.6 Å². The van der Waals surface area contributed by atoms with Gasteiger partial charge in [0.05, 0.1) is 15.5 Å². The first-order valence-electron chi connectivity index (χ1n) is 9.29. The van der Waals surface area contributed by atoms with Crippen molar-refractivity contribution in [1.29, 1.82) is 0 Å². The summed E-state index contributed by atoms with van der Waals surface area (Å²) >= 11 is 1.44. The topological polar surface area (TPSA) is 39.2 Å². The van der Waals surface area contributed by atoms with E-state index in [0.717, 1.165) is 21.3 Å². The summed E-state index contributed by atoms with van der Waals surface area (Å²) in [5, 5.41) is 0.658. The second kappa shape index (κ2) is 7.54. The van der Waals surface area contributed by atoms with Crippen LogP contribution in [-0.2, 0) is 4.57 Å². The molecule has 0 fully saturated rings. The lowest BCUT2D eigenvalue weighted by Gasteiger charge is -2.21. The predicted molar refractivity (Wildman–Crippen MR) is 119 cm³/mol. The Balaban J connectivity index is 1.90. The number of fused-ring (bicyclic) bond motifs is 1. The third-order valence-electron chi connectivity index (χ3n) is 4.65. The fraction of sp³-hybridized carbons (Fsp3) is 0.174. The van der Waals surface area contributed by atoms with Gasteiger partial charge in [0, 0.05) is 0 Å². The minimum Gasteiger partial charge on any atom is -0.435 e. The highest BCUT2D eigenvalue weighted by Gasteiger charge is 2.35. The zero-order valence-electron chi connectivity index (χ0n) is 16.1. The molecule has 0 aliphatic carbocycles. The molecule has 1 heterocycles. The van der Waals surface area contributed by atoms with E-state index in [0.29, 0.717) is 15.8 Å². The van der Waals surface area contributed by atoms with Crippen LogP contribution >= 0.6 is 18.7 Å². The van der Waals surface area contributed by atoms with Gasteiger partial charge in [-0.3, -0.25) is 4.57 Å². The van der Waals surface area contributed by atoms with Crippen molar-refractivity contribution in [3.63, 3.8) is 0 Å². The summed E-state index contributed by atoms with van der Waals surface area (Å²) in [4.78, 5) is 4.68. The third-order valence-corrected chi connectivity index (χ3v) is 8.52. The highest BCUT2D eigenvalue weighted by Crippen LogP contribution is 2.48. The summed E-state index contributed by atoms with van der Waals surface area (Å²) in [6.07, 6.45) is 0. The summed E-state index contributed by atoms with van der Waals surface area (Å²) < 4.78 is 22.3. The summed E-state index contributed by atoms with van der Waals surface area (Å²) in [5.74, 6) is 0.927. The maximum Gasteiger partial charge on any atom is 0.334 e. The fourth-order valence-corrected chi connectivity index (χ4v) is 6.70. The van der Waals surface area contributed by atoms with Gasteiger partial charge in [0.15, 0.2) is 4.75 Å². The highest BCUT2D eigenvalue weighted by molar-refractivity contribution is 7.79. The Bertz CT molecular complexity index is 1130. The lowest BCUT2D eigenvalue weighted by atomic mass is 10.0. The molecule has 0 radical (unpaired) electrons. The molecule has 28 heavy (non-hydrogen) atoms. The van der Waals surface area contributed by atoms with E-state index in [4.69, 9.17) is 4.52 Å². The van der Waals surface area contributed by atoms with Crippen molar-refractivity contribution in [2.45, 2.75) is 26.7 Å². The van der Waals surface area contributed by atoms with Gasteiger partial charge in [-0.05, 0) is 54.3 Å². The van der Waals surface area contributed by atoms with Crippen LogP contribution in [0.5, 0.6) is 5.75 Å². The van der Waals surface area contributed by atoms with Crippen LogP contribution in [0.4, 0.5) is 0 Å². The Kier molecular flexibility index (Phi) is 5.09. The van der Waals surface area contributed by atoms with Gasteiger partial charge in [0.1, 0.15) is 5.75 Å². The number of rotatable bonds is 5. The number of hydrogen-bond donors (Lipinski definition) is 0. The molecule has 0 spiro atoms. The van der Waals surface area contributed by atoms with Gasteiger partial charge in [0.2, 0.25) is 0 Å². The zero-order valence-corrected chi connectivity index (χ0v) is 17.8. The predicted octanol–water partition coefficient (Wildman–Crippen LogP) is 6.04. The van der Waals surface area contributed by atoms with Crippen molar-refractivity contribution in [2.75, 3.05) is 0 Å². The number of para-hydroxylation sites is 1. The Morgan fingerprint density at radius 1 is 0.964 bits per heavy atom. The molecule has 0 aliphatic heterocycles. The van der Waals surface area contributed by atoms with Crippen LogP contribution in [0.3, 0.4) is 0 Å². The smallest absolute Gasteiger partial charge is 0.334 e. The number of hydrogen-bond acceptors (Lipinski definition) is 4. The summed E-state index contributed by atoms with van der Waals surface area (Å²) in [7, 11) is -3.40. The Labute approximate surface area is 169 Å². The van der Waals surface area contributed by atoms with E-state index in [9.17, 15) is 4.57 Å². The molecule has 3 aromatic carbocycles. The molecule has 0 N–H and O–H groups in total. The van der Waals surface area contributed by atoms with E-state index in [1.54, 1.807) is 0 Å². The van der Waals surface area contributed by atoms with Crippen molar-refractivity contribution >= 4 is 39.0 Å². The Hall–Kier alpha value is -2.42. The van der Waals surface area contributed by atoms with E-state index < -0.39 is 7.37 Å². The molecule has 0 aliphatic rings. The summed E-state index contributed by atoms with van der Waals surface area (Å²) in [6.45, 7) is 6.24. The Morgan fingerprint density at radius 3 is 2.39 bits per heavy atom. The first kappa shape index (κ1) is 18.9. The normalized spacial score (nSPS) is 13.6. The molecule has 0 unspecified atom stereocenters. The molecule has 142 valence electrons. The summed E-state index contributed by atoms with van der Waals surface area (Å²) in [5.41, 5.74) is 2.96. The van der Waals surface area contributed by atoms with Gasteiger partial charge in [-0.1, -0.05) is 56.3 Å². The molecule has 0 bridgehead atoms. The molecular formula is C23H22NO2PS. The van der Waals surface area contributed by atoms with E-state index in [1.807, 2.05) is 67.6 Å². The molecule has 1 aromatic heterocycles. The fourth-order valence-electron chi connectivity index (χ4n) is 3.15. The quantitative estimate of drug-likeness (QED) is 0.379. The number of nitrogens with zero attached hydrogens (tertiary/aromatic N) is 1. The number of benzene rings is 3. The van der Waals surface area contributed by atoms with Crippen molar-refractivity contribution in [1.82, 2.24) is 4.98 Å². The van der Waals surface area contributed by atoms with Gasteiger partial charge in [-0.2, -0.15) is 0 Å². The van der Waals surface area contributed by atoms with Crippen molar-refractivity contribution in [3.05, 3.63) is 83.9 Å². The van der Waals surface area contributed by atoms with Crippen LogP contribution in [-0.4, -0.2) is 4.98 Å². The first-order chi connectivity index (χ1) is 13.5. The van der Waals surface area contributed by atoms with Crippen LogP contribution in [0.25, 0.3) is 10.2 Å². The van der Waals surface area contributed by atoms with E-state index in [-0.39, 0.29) is 5.92 Å². The van der Waals surface area contributed by atoms with Crippen molar-refractivity contribution in [2.24, 2.45) is 0 Å². The molecule has 4 aromatic rings. The first-order valence-corrected chi connectivity index (χ1v) is 11.7. The molecule has 5 heteroatoms. The average Bonchev–Trinajstić information content (AvgIpc) is 3.13. The van der Waals surface area contributed by atoms with Crippen molar-refractivity contribution < 1.29 is 9.09 Å². The molecule has 4 rings (SSSR count). The van der Waals surface area contributed by atoms with Gasteiger partial charge in [-0.25, -0.2) is 4.98 Å². The molecule has 3 nitrogen and oxygen atoms in total. The lowest BCUT2D eigenvalue weighted by molar-refractivity contribution is 0.497. The second-order valence-corrected chi connectivity index (χ2v) is 10.7. The molecule has 0 saturated heterocycles. The maximum absolute atomic E-state index is 14.4. The van der Waals surface area contributed by atoms with E-state index >= 15 is 0 Å². The molecule has 0 saturated carbocycles. The van der Waals surface area contributed by atoms with E-state index in [2.05, 4.69) is 31.0 Å². The minimum absolute atomic E-state index is 0.259. The number of thiazole rings is 1. The number of aryl methyl sites for hydroxylation is 1. The summed E-state index contributed by atoms with van der Waals surface area (Å²) in [6, 6.07) is 23.3. The van der Waals surface area contributed by atoms with E-state index in [1.165, 1.54) is 11.3 Å². The molecular weight excluding hydrogens is 385 g/mol. The number of aromatic nitrogens is 1. The zero-order chi connectivity index (χ0) is 19.7. The standard InChI is InChI=1S/C23H22NO2PS/c1-16(2)19-14-13-17(3)15-21(19)26-27(25,18-9-5-4-6-10-18)23-24-20-11-7-8-12-22(20)28-23/h4-16H,1-3H3/t27-/m0/s1. The van der Waals surface area contributed by atoms with Gasteiger partial charge in [-0.15, -0.1) is 11.3 Å². The van der Waals surface area contributed by atoms with Gasteiger partial charge < -0.3 is 4.52 Å². The lowest BCUT2D eigenvalue weighted by Crippen LogP contribution is -2.20. The van der Waals surface area contributed by atoms with Gasteiger partial charge >= 0.3 is 7.37 Å². The van der Waals surface area contributed by atoms with Gasteiger partial charge in [0.25, 0.3) is 0 Å². The van der Waals surface area contributed by atoms with Crippen LogP contribution in [0.15, 0.2) is 72.8 Å². The third kappa shape index (κ3) is 3.50. The Morgan fingerprint density at radius 2 is 1.68 bits per heavy atom. The molecule has 1 atom stereocenters.